The maximum Gasteiger partial charge on any atom is 0.437 e. The molecule has 14 heteroatoms. The van der Waals surface area contributed by atoms with Gasteiger partial charge < -0.3 is 9.84 Å². The van der Waals surface area contributed by atoms with Crippen molar-refractivity contribution in [3.05, 3.63) is 65.3 Å². The summed E-state index contributed by atoms with van der Waals surface area (Å²) in [5.41, 5.74) is -0.677. The largest absolute Gasteiger partial charge is 0.437 e. The normalized spacial score (nSPS) is 11.8. The van der Waals surface area contributed by atoms with Crippen molar-refractivity contribution in [1.82, 2.24) is 39.7 Å². The number of pyridine rings is 1. The van der Waals surface area contributed by atoms with Crippen LogP contribution in [0.1, 0.15) is 40.4 Å². The Morgan fingerprint density at radius 1 is 1.19 bits per heavy atom. The molecular weight excluding hydrogens is 491 g/mol. The van der Waals surface area contributed by atoms with E-state index < -0.39 is 23.5 Å². The molecule has 0 aliphatic rings. The van der Waals surface area contributed by atoms with Gasteiger partial charge in [-0.3, -0.25) is 9.48 Å². The van der Waals surface area contributed by atoms with Crippen LogP contribution >= 0.6 is 0 Å². The van der Waals surface area contributed by atoms with Gasteiger partial charge in [-0.15, -0.1) is 0 Å². The van der Waals surface area contributed by atoms with Crippen molar-refractivity contribution >= 4 is 22.5 Å². The van der Waals surface area contributed by atoms with E-state index in [-0.39, 0.29) is 23.6 Å². The number of hydrogen-bond donors (Lipinski definition) is 1. The number of halogens is 3. The van der Waals surface area contributed by atoms with Crippen LogP contribution in [0.2, 0.25) is 0 Å². The number of hydrogen-bond acceptors (Lipinski definition) is 8. The Labute approximate surface area is 207 Å². The van der Waals surface area contributed by atoms with E-state index in [2.05, 4.69) is 35.6 Å². The topological polar surface area (TPSA) is 129 Å². The Balaban J connectivity index is 1.56. The van der Waals surface area contributed by atoms with Crippen LogP contribution in [0.5, 0.6) is 0 Å². The first kappa shape index (κ1) is 24.1. The quantitative estimate of drug-likeness (QED) is 0.364. The molecule has 0 bridgehead atoms. The summed E-state index contributed by atoms with van der Waals surface area (Å²) in [6.45, 7) is 3.07. The lowest BCUT2D eigenvalue weighted by Crippen LogP contribution is -2.17. The summed E-state index contributed by atoms with van der Waals surface area (Å²) in [7, 11) is 1.67. The van der Waals surface area contributed by atoms with Crippen molar-refractivity contribution in [2.45, 2.75) is 33.0 Å². The molecule has 4 aromatic heterocycles. The number of anilines is 1. The van der Waals surface area contributed by atoms with Gasteiger partial charge in [0.2, 0.25) is 5.89 Å². The molecule has 4 heterocycles. The lowest BCUT2D eigenvalue weighted by Gasteiger charge is -2.12. The smallest absolute Gasteiger partial charge is 0.339 e. The number of nitrogens with one attached hydrogen (secondary N) is 1. The van der Waals surface area contributed by atoms with E-state index in [0.717, 1.165) is 4.68 Å². The predicted octanol–water partition coefficient (Wildman–Crippen LogP) is 3.80. The first-order valence-corrected chi connectivity index (χ1v) is 11.2. The highest BCUT2D eigenvalue weighted by Crippen LogP contribution is 2.36. The van der Waals surface area contributed by atoms with Gasteiger partial charge in [-0.05, 0) is 19.1 Å². The minimum absolute atomic E-state index is 0.0791. The lowest BCUT2D eigenvalue weighted by atomic mass is 10.1. The van der Waals surface area contributed by atoms with Gasteiger partial charge in [0, 0.05) is 18.9 Å². The SMILES string of the molecule is CCc1nc(Cn2nc(C(F)(F)F)c(NC(=O)c3cc(-c4ncnn4C)nc4ccccc34)c2C)no1. The second-order valence-electron chi connectivity index (χ2n) is 8.16. The summed E-state index contributed by atoms with van der Waals surface area (Å²) in [6.07, 6.45) is -3.00. The number of fused-ring (bicyclic) bond motifs is 1. The van der Waals surface area contributed by atoms with E-state index >= 15 is 0 Å². The fourth-order valence-corrected chi connectivity index (χ4v) is 3.87. The summed E-state index contributed by atoms with van der Waals surface area (Å²) in [5, 5.41) is 14.4. The molecule has 11 nitrogen and oxygen atoms in total. The van der Waals surface area contributed by atoms with Gasteiger partial charge in [0.1, 0.15) is 18.6 Å². The zero-order valence-electron chi connectivity index (χ0n) is 19.9. The minimum atomic E-state index is -4.82. The van der Waals surface area contributed by atoms with E-state index in [0.29, 0.717) is 34.7 Å². The number of aryl methyl sites for hydroxylation is 2. The summed E-state index contributed by atoms with van der Waals surface area (Å²) in [4.78, 5) is 26.3. The monoisotopic (exact) mass is 511 g/mol. The molecule has 1 amide bonds. The molecule has 0 aliphatic heterocycles. The third-order valence-electron chi connectivity index (χ3n) is 5.72. The Bertz CT molecular complexity index is 1620. The summed E-state index contributed by atoms with van der Waals surface area (Å²) >= 11 is 0. The van der Waals surface area contributed by atoms with Crippen molar-refractivity contribution < 1.29 is 22.5 Å². The lowest BCUT2D eigenvalue weighted by molar-refractivity contribution is -0.140. The second kappa shape index (κ2) is 9.11. The molecule has 0 saturated carbocycles. The standard InChI is InChI=1S/C23H20F3N9O2/c1-4-18-30-17(33-37-18)10-35-12(2)19(20(32-35)23(24,25)26)31-22(36)14-9-16(21-27-11-28-34(21)3)29-15-8-6-5-7-13(14)15/h5-9,11H,4,10H2,1-3H3,(H,31,36). The zero-order valence-corrected chi connectivity index (χ0v) is 19.9. The molecule has 0 unspecified atom stereocenters. The Hall–Kier alpha value is -4.62. The third-order valence-corrected chi connectivity index (χ3v) is 5.72. The fourth-order valence-electron chi connectivity index (χ4n) is 3.87. The van der Waals surface area contributed by atoms with Crippen LogP contribution in [0.4, 0.5) is 18.9 Å². The second-order valence-corrected chi connectivity index (χ2v) is 8.16. The van der Waals surface area contributed by atoms with Crippen LogP contribution < -0.4 is 5.32 Å². The minimum Gasteiger partial charge on any atom is -0.339 e. The van der Waals surface area contributed by atoms with E-state index in [1.807, 2.05) is 6.92 Å². The van der Waals surface area contributed by atoms with Gasteiger partial charge in [-0.25, -0.2) is 14.6 Å². The number of alkyl halides is 3. The van der Waals surface area contributed by atoms with Gasteiger partial charge in [0.25, 0.3) is 5.91 Å². The van der Waals surface area contributed by atoms with Gasteiger partial charge in [0.15, 0.2) is 17.3 Å². The highest BCUT2D eigenvalue weighted by atomic mass is 19.4. The molecule has 37 heavy (non-hydrogen) atoms. The number of amides is 1. The van der Waals surface area contributed by atoms with Crippen LogP contribution in [-0.4, -0.2) is 45.6 Å². The Morgan fingerprint density at radius 3 is 2.65 bits per heavy atom. The third kappa shape index (κ3) is 4.52. The molecular formula is C23H20F3N9O2. The maximum absolute atomic E-state index is 13.9. The Morgan fingerprint density at radius 2 is 1.97 bits per heavy atom. The first-order valence-electron chi connectivity index (χ1n) is 11.2. The van der Waals surface area contributed by atoms with E-state index in [1.165, 1.54) is 24.0 Å². The van der Waals surface area contributed by atoms with Crippen molar-refractivity contribution in [2.75, 3.05) is 5.32 Å². The molecule has 1 N–H and O–H groups in total. The number of rotatable bonds is 6. The van der Waals surface area contributed by atoms with Gasteiger partial charge in [0.05, 0.1) is 22.5 Å². The zero-order chi connectivity index (χ0) is 26.3. The highest BCUT2D eigenvalue weighted by molar-refractivity contribution is 6.13. The summed E-state index contributed by atoms with van der Waals surface area (Å²) in [6, 6.07) is 8.30. The summed E-state index contributed by atoms with van der Waals surface area (Å²) in [5.74, 6) is 0.157. The number of carbonyl (C=O) groups is 1. The number of aromatic nitrogens is 8. The maximum atomic E-state index is 13.9. The molecule has 0 saturated heterocycles. The van der Waals surface area contributed by atoms with Crippen molar-refractivity contribution in [3.63, 3.8) is 0 Å². The molecule has 0 spiro atoms. The average molecular weight is 511 g/mol. The van der Waals surface area contributed by atoms with E-state index in [9.17, 15) is 18.0 Å². The fraction of sp³-hybridized carbons (Fsp3) is 0.261. The highest BCUT2D eigenvalue weighted by Gasteiger charge is 2.39. The van der Waals surface area contributed by atoms with Crippen molar-refractivity contribution in [2.24, 2.45) is 7.05 Å². The van der Waals surface area contributed by atoms with Crippen LogP contribution in [-0.2, 0) is 26.2 Å². The molecule has 5 aromatic rings. The molecule has 0 atom stereocenters. The van der Waals surface area contributed by atoms with Crippen LogP contribution in [0.15, 0.2) is 41.2 Å². The molecule has 0 radical (unpaired) electrons. The van der Waals surface area contributed by atoms with Crippen molar-refractivity contribution in [1.29, 1.82) is 0 Å². The molecule has 1 aromatic carbocycles. The molecule has 0 aliphatic carbocycles. The van der Waals surface area contributed by atoms with Crippen LogP contribution in [0.3, 0.4) is 0 Å². The van der Waals surface area contributed by atoms with E-state index in [1.54, 1.807) is 31.3 Å². The first-order chi connectivity index (χ1) is 17.7. The number of carbonyl (C=O) groups excluding carboxylic acids is 1. The number of benzene rings is 1. The average Bonchev–Trinajstić information content (AvgIpc) is 3.58. The molecule has 5 rings (SSSR count). The van der Waals surface area contributed by atoms with Gasteiger partial charge in [-0.1, -0.05) is 30.3 Å². The van der Waals surface area contributed by atoms with Crippen molar-refractivity contribution in [3.8, 4) is 11.5 Å². The van der Waals surface area contributed by atoms with Gasteiger partial charge in [-0.2, -0.15) is 28.4 Å². The van der Waals surface area contributed by atoms with Crippen LogP contribution in [0.25, 0.3) is 22.4 Å². The number of nitrogens with zero attached hydrogens (tertiary/aromatic N) is 8. The molecule has 190 valence electrons. The summed E-state index contributed by atoms with van der Waals surface area (Å²) < 4.78 is 49.4. The number of para-hydroxylation sites is 1. The van der Waals surface area contributed by atoms with Gasteiger partial charge >= 0.3 is 6.18 Å². The Kier molecular flexibility index (Phi) is 5.93. The predicted molar refractivity (Wildman–Crippen MR) is 124 cm³/mol. The molecule has 0 fully saturated rings. The van der Waals surface area contributed by atoms with Crippen LogP contribution in [0, 0.1) is 6.92 Å². The van der Waals surface area contributed by atoms with E-state index in [4.69, 9.17) is 4.52 Å².